The van der Waals surface area contributed by atoms with Gasteiger partial charge in [-0.1, -0.05) is 30.2 Å². The van der Waals surface area contributed by atoms with Crippen LogP contribution in [0.15, 0.2) is 30.5 Å². The van der Waals surface area contributed by atoms with Crippen molar-refractivity contribution in [3.63, 3.8) is 0 Å². The maximum Gasteiger partial charge on any atom is 0.276 e. The summed E-state index contributed by atoms with van der Waals surface area (Å²) >= 11 is 0. The Morgan fingerprint density at radius 2 is 1.78 bits per heavy atom. The van der Waals surface area contributed by atoms with Crippen LogP contribution in [-0.2, 0) is 16.8 Å². The first-order valence-corrected chi connectivity index (χ1v) is 11.3. The first kappa shape index (κ1) is 22.3. The minimum absolute atomic E-state index is 0.0500. The zero-order chi connectivity index (χ0) is 22.6. The molecule has 0 unspecified atom stereocenters. The molecule has 0 atom stereocenters. The fourth-order valence-corrected chi connectivity index (χ4v) is 4.67. The largest absolute Gasteiger partial charge is 0.497 e. The summed E-state index contributed by atoms with van der Waals surface area (Å²) in [5.41, 5.74) is 0.900. The summed E-state index contributed by atoms with van der Waals surface area (Å²) in [4.78, 5) is 29.9. The number of hydrogen-bond donors (Lipinski definition) is 1. The third-order valence-electron chi connectivity index (χ3n) is 6.71. The predicted octanol–water partition coefficient (Wildman–Crippen LogP) is 1.30. The zero-order valence-corrected chi connectivity index (χ0v) is 18.9. The van der Waals surface area contributed by atoms with E-state index in [0.29, 0.717) is 31.9 Å². The number of piperazine rings is 1. The number of nitrogens with one attached hydrogen (secondary N) is 1. The molecule has 1 aliphatic heterocycles. The Labute approximate surface area is 188 Å². The number of rotatable bonds is 7. The fraction of sp³-hybridized carbons (Fsp3) is 0.565. The van der Waals surface area contributed by atoms with Crippen LogP contribution in [0, 0.1) is 0 Å². The van der Waals surface area contributed by atoms with Gasteiger partial charge in [0.2, 0.25) is 5.91 Å². The van der Waals surface area contributed by atoms with Gasteiger partial charge in [-0.15, -0.1) is 5.10 Å². The Kier molecular flexibility index (Phi) is 6.74. The lowest BCUT2D eigenvalue weighted by Crippen LogP contribution is -2.47. The Morgan fingerprint density at radius 3 is 2.44 bits per heavy atom. The predicted molar refractivity (Wildman–Crippen MR) is 120 cm³/mol. The van der Waals surface area contributed by atoms with E-state index in [1.165, 1.54) is 0 Å². The summed E-state index contributed by atoms with van der Waals surface area (Å²) in [6, 6.07) is 7.82. The van der Waals surface area contributed by atoms with Gasteiger partial charge in [0, 0.05) is 32.7 Å². The topological polar surface area (TPSA) is 92.6 Å². The lowest BCUT2D eigenvalue weighted by molar-refractivity contribution is -0.126. The van der Waals surface area contributed by atoms with Crippen LogP contribution in [0.25, 0.3) is 0 Å². The van der Waals surface area contributed by atoms with Gasteiger partial charge in [-0.2, -0.15) is 0 Å². The molecule has 172 valence electrons. The van der Waals surface area contributed by atoms with E-state index in [2.05, 4.69) is 27.6 Å². The Balaban J connectivity index is 1.33. The molecule has 0 bridgehead atoms. The van der Waals surface area contributed by atoms with Gasteiger partial charge in [-0.3, -0.25) is 9.59 Å². The van der Waals surface area contributed by atoms with Crippen LogP contribution in [0.2, 0.25) is 0 Å². The number of benzene rings is 1. The van der Waals surface area contributed by atoms with E-state index >= 15 is 0 Å². The lowest BCUT2D eigenvalue weighted by Gasteiger charge is -2.31. The summed E-state index contributed by atoms with van der Waals surface area (Å²) < 4.78 is 6.88. The molecule has 9 nitrogen and oxygen atoms in total. The van der Waals surface area contributed by atoms with Crippen LogP contribution in [0.5, 0.6) is 5.75 Å². The summed E-state index contributed by atoms with van der Waals surface area (Å²) in [5.74, 6) is 0.752. The number of amides is 2. The van der Waals surface area contributed by atoms with Crippen LogP contribution in [0.3, 0.4) is 0 Å². The second-order valence-electron chi connectivity index (χ2n) is 8.74. The van der Waals surface area contributed by atoms with Gasteiger partial charge in [0.25, 0.3) is 5.91 Å². The van der Waals surface area contributed by atoms with Crippen LogP contribution in [-0.4, -0.2) is 83.5 Å². The molecule has 1 aromatic heterocycles. The van der Waals surface area contributed by atoms with Gasteiger partial charge in [-0.05, 0) is 37.6 Å². The SMILES string of the molecule is COc1ccc(C2(C(=O)NCCn3cc(C(=O)N4CCN(C)CC4)nn3)CCCC2)cc1. The highest BCUT2D eigenvalue weighted by Gasteiger charge is 2.42. The highest BCUT2D eigenvalue weighted by atomic mass is 16.5. The van der Waals surface area contributed by atoms with Crippen molar-refractivity contribution in [3.05, 3.63) is 41.7 Å². The normalized spacial score (nSPS) is 18.5. The molecule has 0 radical (unpaired) electrons. The van der Waals surface area contributed by atoms with Crippen molar-refractivity contribution >= 4 is 11.8 Å². The Hall–Kier alpha value is -2.94. The van der Waals surface area contributed by atoms with Gasteiger partial charge in [0.05, 0.1) is 25.3 Å². The smallest absolute Gasteiger partial charge is 0.276 e. The van der Waals surface area contributed by atoms with E-state index in [1.807, 2.05) is 29.2 Å². The van der Waals surface area contributed by atoms with Crippen LogP contribution >= 0.6 is 0 Å². The number of methoxy groups -OCH3 is 1. The number of ether oxygens (including phenoxy) is 1. The van der Waals surface area contributed by atoms with Crippen molar-refractivity contribution in [2.24, 2.45) is 0 Å². The fourth-order valence-electron chi connectivity index (χ4n) is 4.67. The second-order valence-corrected chi connectivity index (χ2v) is 8.74. The summed E-state index contributed by atoms with van der Waals surface area (Å²) in [6.45, 7) is 4.02. The van der Waals surface area contributed by atoms with Crippen LogP contribution in [0.4, 0.5) is 0 Å². The lowest BCUT2D eigenvalue weighted by atomic mass is 9.78. The number of carbonyl (C=O) groups excluding carboxylic acids is 2. The van der Waals surface area contributed by atoms with E-state index in [1.54, 1.807) is 18.0 Å². The van der Waals surface area contributed by atoms with Gasteiger partial charge < -0.3 is 19.9 Å². The summed E-state index contributed by atoms with van der Waals surface area (Å²) in [6.07, 6.45) is 5.44. The maximum absolute atomic E-state index is 13.2. The van der Waals surface area contributed by atoms with E-state index in [-0.39, 0.29) is 11.8 Å². The Morgan fingerprint density at radius 1 is 1.09 bits per heavy atom. The molecule has 32 heavy (non-hydrogen) atoms. The van der Waals surface area contributed by atoms with Gasteiger partial charge in [0.15, 0.2) is 5.69 Å². The van der Waals surface area contributed by atoms with Crippen molar-refractivity contribution in [3.8, 4) is 5.75 Å². The molecule has 2 amide bonds. The molecule has 9 heteroatoms. The molecule has 1 saturated heterocycles. The van der Waals surface area contributed by atoms with Crippen molar-refractivity contribution in [1.29, 1.82) is 0 Å². The van der Waals surface area contributed by atoms with Gasteiger partial charge in [-0.25, -0.2) is 4.68 Å². The van der Waals surface area contributed by atoms with Gasteiger partial charge in [0.1, 0.15) is 5.75 Å². The first-order chi connectivity index (χ1) is 15.5. The summed E-state index contributed by atoms with van der Waals surface area (Å²) in [7, 11) is 3.69. The highest BCUT2D eigenvalue weighted by molar-refractivity contribution is 5.92. The highest BCUT2D eigenvalue weighted by Crippen LogP contribution is 2.41. The zero-order valence-electron chi connectivity index (χ0n) is 18.9. The summed E-state index contributed by atoms with van der Waals surface area (Å²) in [5, 5.41) is 11.2. The van der Waals surface area contributed by atoms with Crippen molar-refractivity contribution < 1.29 is 14.3 Å². The first-order valence-electron chi connectivity index (χ1n) is 11.3. The minimum Gasteiger partial charge on any atom is -0.497 e. The van der Waals surface area contributed by atoms with E-state index < -0.39 is 5.41 Å². The number of hydrogen-bond acceptors (Lipinski definition) is 6. The molecule has 2 aliphatic rings. The molecule has 4 rings (SSSR count). The van der Waals surface area contributed by atoms with Crippen LogP contribution < -0.4 is 10.1 Å². The molecular weight excluding hydrogens is 408 g/mol. The average molecular weight is 441 g/mol. The number of aromatic nitrogens is 3. The molecule has 1 aromatic carbocycles. The van der Waals surface area contributed by atoms with Crippen LogP contribution in [0.1, 0.15) is 41.7 Å². The number of nitrogens with zero attached hydrogens (tertiary/aromatic N) is 5. The second kappa shape index (κ2) is 9.68. The molecule has 1 aliphatic carbocycles. The van der Waals surface area contributed by atoms with E-state index in [9.17, 15) is 9.59 Å². The molecule has 1 N–H and O–H groups in total. The minimum atomic E-state index is -0.489. The monoisotopic (exact) mass is 440 g/mol. The standard InChI is InChI=1S/C23H32N6O3/c1-27-13-15-28(16-14-27)21(30)20-17-29(26-25-20)12-11-24-22(31)23(9-3-4-10-23)18-5-7-19(32-2)8-6-18/h5-8,17H,3-4,9-16H2,1-2H3,(H,24,31). The molecule has 2 aromatic rings. The molecule has 2 fully saturated rings. The van der Waals surface area contributed by atoms with Gasteiger partial charge >= 0.3 is 0 Å². The molecule has 1 saturated carbocycles. The van der Waals surface area contributed by atoms with Crippen molar-refractivity contribution in [1.82, 2.24) is 30.1 Å². The third-order valence-corrected chi connectivity index (χ3v) is 6.71. The van der Waals surface area contributed by atoms with E-state index in [0.717, 1.165) is 50.1 Å². The molecule has 2 heterocycles. The maximum atomic E-state index is 13.2. The quantitative estimate of drug-likeness (QED) is 0.698. The number of carbonyl (C=O) groups is 2. The van der Waals surface area contributed by atoms with Crippen molar-refractivity contribution in [2.45, 2.75) is 37.6 Å². The Bertz CT molecular complexity index is 927. The number of likely N-dealkylation sites (N-methyl/N-ethyl adjacent to an activating group) is 1. The molecule has 0 spiro atoms. The third kappa shape index (κ3) is 4.62. The average Bonchev–Trinajstić information content (AvgIpc) is 3.50. The van der Waals surface area contributed by atoms with E-state index in [4.69, 9.17) is 4.74 Å². The van der Waals surface area contributed by atoms with Crippen molar-refractivity contribution in [2.75, 3.05) is 46.9 Å². The molecular formula is C23H32N6O3.